The van der Waals surface area contributed by atoms with Crippen LogP contribution in [-0.4, -0.2) is 53.5 Å². The lowest BCUT2D eigenvalue weighted by atomic mass is 9.99. The number of anilines is 1. The molecule has 0 unspecified atom stereocenters. The number of fused-ring (bicyclic) bond motifs is 1. The maximum Gasteiger partial charge on any atom is 0.223 e. The number of ether oxygens (including phenoxy) is 1. The lowest BCUT2D eigenvalue weighted by molar-refractivity contribution is 0.186. The molecule has 2 aromatic heterocycles. The lowest BCUT2D eigenvalue weighted by Gasteiger charge is -2.35. The number of hydrogen-bond donors (Lipinski definition) is 1. The second kappa shape index (κ2) is 8.16. The molecule has 2 aliphatic heterocycles. The molecule has 0 bridgehead atoms. The van der Waals surface area contributed by atoms with Gasteiger partial charge in [0.15, 0.2) is 0 Å². The molecule has 4 heterocycles. The van der Waals surface area contributed by atoms with Crippen LogP contribution in [0.4, 0.5) is 10.2 Å². The van der Waals surface area contributed by atoms with Crippen LogP contribution >= 0.6 is 0 Å². The zero-order chi connectivity index (χ0) is 21.5. The molecule has 7 nitrogen and oxygen atoms in total. The molecule has 0 radical (unpaired) electrons. The molecule has 8 heteroatoms. The van der Waals surface area contributed by atoms with Crippen molar-refractivity contribution in [2.75, 3.05) is 31.2 Å². The summed E-state index contributed by atoms with van der Waals surface area (Å²) >= 11 is 0. The third-order valence-electron chi connectivity index (χ3n) is 6.37. The Balaban J connectivity index is 1.51. The van der Waals surface area contributed by atoms with Crippen molar-refractivity contribution in [1.29, 1.82) is 0 Å². The fourth-order valence-corrected chi connectivity index (χ4v) is 4.75. The Bertz CT molecular complexity index is 1100. The average molecular weight is 426 g/mol. The van der Waals surface area contributed by atoms with Crippen LogP contribution in [0.15, 0.2) is 16.7 Å². The summed E-state index contributed by atoms with van der Waals surface area (Å²) in [4.78, 5) is 11.5. The molecule has 2 aliphatic rings. The van der Waals surface area contributed by atoms with Crippen LogP contribution < -0.4 is 10.2 Å². The Morgan fingerprint density at radius 3 is 2.55 bits per heavy atom. The molecule has 1 atom stereocenters. The van der Waals surface area contributed by atoms with E-state index in [2.05, 4.69) is 20.4 Å². The number of benzene rings is 1. The van der Waals surface area contributed by atoms with Gasteiger partial charge in [-0.1, -0.05) is 5.16 Å². The predicted octanol–water partition coefficient (Wildman–Crippen LogP) is 3.70. The number of piperidine rings is 1. The first-order valence-electron chi connectivity index (χ1n) is 11.0. The van der Waals surface area contributed by atoms with Crippen molar-refractivity contribution in [2.45, 2.75) is 52.1 Å². The molecule has 164 valence electrons. The van der Waals surface area contributed by atoms with Crippen molar-refractivity contribution in [3.05, 3.63) is 35.0 Å². The monoisotopic (exact) mass is 425 g/mol. The van der Waals surface area contributed by atoms with E-state index in [-0.39, 0.29) is 5.82 Å². The van der Waals surface area contributed by atoms with Crippen molar-refractivity contribution < 1.29 is 13.7 Å². The molecule has 2 fully saturated rings. The van der Waals surface area contributed by atoms with Crippen LogP contribution in [0.2, 0.25) is 0 Å². The summed E-state index contributed by atoms with van der Waals surface area (Å²) in [5.41, 5.74) is 3.00. The SMILES string of the molecule is Cc1cc(F)c2nc(N3CCC(N[C@@H]4CCOC4)CC3)c(-c3noc(C)n3)c(C)c2c1. The van der Waals surface area contributed by atoms with E-state index in [1.165, 1.54) is 6.07 Å². The van der Waals surface area contributed by atoms with Gasteiger partial charge < -0.3 is 19.5 Å². The zero-order valence-corrected chi connectivity index (χ0v) is 18.2. The molecular formula is C23H28FN5O2. The molecule has 0 amide bonds. The number of rotatable bonds is 4. The molecule has 0 aliphatic carbocycles. The summed E-state index contributed by atoms with van der Waals surface area (Å²) in [7, 11) is 0. The number of pyridine rings is 1. The zero-order valence-electron chi connectivity index (χ0n) is 18.2. The minimum Gasteiger partial charge on any atom is -0.380 e. The van der Waals surface area contributed by atoms with Crippen LogP contribution in [0.5, 0.6) is 0 Å². The van der Waals surface area contributed by atoms with Gasteiger partial charge in [-0.25, -0.2) is 9.37 Å². The number of hydrogen-bond acceptors (Lipinski definition) is 7. The molecule has 31 heavy (non-hydrogen) atoms. The Kier molecular flexibility index (Phi) is 5.35. The van der Waals surface area contributed by atoms with E-state index in [9.17, 15) is 4.39 Å². The van der Waals surface area contributed by atoms with Gasteiger partial charge in [-0.15, -0.1) is 0 Å². The van der Waals surface area contributed by atoms with Gasteiger partial charge in [0.2, 0.25) is 11.7 Å². The van der Waals surface area contributed by atoms with E-state index in [4.69, 9.17) is 14.2 Å². The summed E-state index contributed by atoms with van der Waals surface area (Å²) in [5.74, 6) is 1.44. The van der Waals surface area contributed by atoms with Crippen molar-refractivity contribution in [2.24, 2.45) is 0 Å². The standard InChI is InChI=1S/C23H28FN5O2/c1-13-10-18-14(2)20(22-25-15(3)31-28-22)23(27-21(18)19(24)11-13)29-7-4-16(5-8-29)26-17-6-9-30-12-17/h10-11,16-17,26H,4-9,12H2,1-3H3/t17-/m1/s1. The molecule has 0 spiro atoms. The fourth-order valence-electron chi connectivity index (χ4n) is 4.75. The fraction of sp³-hybridized carbons (Fsp3) is 0.522. The van der Waals surface area contributed by atoms with E-state index in [0.717, 1.165) is 73.5 Å². The molecule has 5 rings (SSSR count). The van der Waals surface area contributed by atoms with Crippen molar-refractivity contribution in [3.63, 3.8) is 0 Å². The van der Waals surface area contributed by atoms with Crippen molar-refractivity contribution in [3.8, 4) is 11.4 Å². The van der Waals surface area contributed by atoms with Gasteiger partial charge in [-0.3, -0.25) is 0 Å². The van der Waals surface area contributed by atoms with Crippen LogP contribution in [0, 0.1) is 26.6 Å². The highest BCUT2D eigenvalue weighted by atomic mass is 19.1. The molecular weight excluding hydrogens is 397 g/mol. The van der Waals surface area contributed by atoms with Gasteiger partial charge in [0.05, 0.1) is 12.2 Å². The second-order valence-corrected chi connectivity index (χ2v) is 8.70. The highest BCUT2D eigenvalue weighted by Gasteiger charge is 2.28. The first-order valence-corrected chi connectivity index (χ1v) is 11.0. The summed E-state index contributed by atoms with van der Waals surface area (Å²) in [6, 6.07) is 4.42. The third-order valence-corrected chi connectivity index (χ3v) is 6.37. The number of nitrogens with one attached hydrogen (secondary N) is 1. The van der Waals surface area contributed by atoms with E-state index < -0.39 is 0 Å². The lowest BCUT2D eigenvalue weighted by Crippen LogP contribution is -2.46. The molecule has 1 aromatic carbocycles. The van der Waals surface area contributed by atoms with Gasteiger partial charge in [0.1, 0.15) is 17.2 Å². The minimum absolute atomic E-state index is 0.298. The quantitative estimate of drug-likeness (QED) is 0.683. The van der Waals surface area contributed by atoms with Crippen LogP contribution in [-0.2, 0) is 4.74 Å². The second-order valence-electron chi connectivity index (χ2n) is 8.70. The third kappa shape index (κ3) is 3.90. The van der Waals surface area contributed by atoms with Crippen molar-refractivity contribution >= 4 is 16.7 Å². The summed E-state index contributed by atoms with van der Waals surface area (Å²) < 4.78 is 25.6. The minimum atomic E-state index is -0.298. The summed E-state index contributed by atoms with van der Waals surface area (Å²) in [6.45, 7) is 8.96. The van der Waals surface area contributed by atoms with Gasteiger partial charge in [-0.05, 0) is 56.4 Å². The predicted molar refractivity (Wildman–Crippen MR) is 117 cm³/mol. The number of aromatic nitrogens is 3. The largest absolute Gasteiger partial charge is 0.380 e. The van der Waals surface area contributed by atoms with E-state index >= 15 is 0 Å². The van der Waals surface area contributed by atoms with Crippen molar-refractivity contribution in [1.82, 2.24) is 20.4 Å². The number of halogens is 1. The average Bonchev–Trinajstić information content (AvgIpc) is 3.41. The van der Waals surface area contributed by atoms with E-state index in [0.29, 0.717) is 29.3 Å². The molecule has 0 saturated carbocycles. The Labute approximate surface area is 181 Å². The number of aryl methyl sites for hydroxylation is 3. The topological polar surface area (TPSA) is 76.3 Å². The molecule has 3 aromatic rings. The van der Waals surface area contributed by atoms with Crippen LogP contribution in [0.25, 0.3) is 22.3 Å². The maximum absolute atomic E-state index is 14.8. The summed E-state index contributed by atoms with van der Waals surface area (Å²) in [6.07, 6.45) is 3.07. The van der Waals surface area contributed by atoms with Crippen LogP contribution in [0.3, 0.4) is 0 Å². The molecule has 2 saturated heterocycles. The highest BCUT2D eigenvalue weighted by molar-refractivity contribution is 5.93. The first-order chi connectivity index (χ1) is 15.0. The van der Waals surface area contributed by atoms with Gasteiger partial charge in [-0.2, -0.15) is 4.98 Å². The van der Waals surface area contributed by atoms with E-state index in [1.54, 1.807) is 6.92 Å². The van der Waals surface area contributed by atoms with Gasteiger partial charge >= 0.3 is 0 Å². The Hall–Kier alpha value is -2.58. The maximum atomic E-state index is 14.8. The smallest absolute Gasteiger partial charge is 0.223 e. The summed E-state index contributed by atoms with van der Waals surface area (Å²) in [5, 5.41) is 8.68. The van der Waals surface area contributed by atoms with Crippen LogP contribution in [0.1, 0.15) is 36.3 Å². The Morgan fingerprint density at radius 1 is 1.06 bits per heavy atom. The van der Waals surface area contributed by atoms with E-state index in [1.807, 2.05) is 19.9 Å². The normalized spacial score (nSPS) is 20.1. The highest BCUT2D eigenvalue weighted by Crippen LogP contribution is 2.37. The number of nitrogens with zero attached hydrogens (tertiary/aromatic N) is 4. The van der Waals surface area contributed by atoms with Gasteiger partial charge in [0.25, 0.3) is 0 Å². The first kappa shape index (κ1) is 20.3. The Morgan fingerprint density at radius 2 is 1.87 bits per heavy atom. The van der Waals surface area contributed by atoms with Gasteiger partial charge in [0, 0.05) is 44.1 Å². The molecule has 1 N–H and O–H groups in total.